The van der Waals surface area contributed by atoms with Crippen LogP contribution in [-0.2, 0) is 6.42 Å². The van der Waals surface area contributed by atoms with Gasteiger partial charge in [-0.25, -0.2) is 0 Å². The van der Waals surface area contributed by atoms with Crippen molar-refractivity contribution >= 4 is 11.4 Å². The summed E-state index contributed by atoms with van der Waals surface area (Å²) in [6, 6.07) is 6.27. The first-order valence-electron chi connectivity index (χ1n) is 5.44. The molecule has 0 atom stereocenters. The van der Waals surface area contributed by atoms with Crippen LogP contribution >= 0.6 is 0 Å². The highest BCUT2D eigenvalue weighted by molar-refractivity contribution is 5.61. The molecule has 0 saturated carbocycles. The van der Waals surface area contributed by atoms with E-state index in [4.69, 9.17) is 5.73 Å². The fourth-order valence-electron chi connectivity index (χ4n) is 2.13. The first-order valence-corrected chi connectivity index (χ1v) is 5.44. The molecular weight excluding hydrogens is 172 g/mol. The molecule has 0 unspecified atom stereocenters. The molecule has 0 spiro atoms. The molecular formula is C12H18N2. The molecule has 1 fully saturated rings. The Balaban J connectivity index is 2.33. The summed E-state index contributed by atoms with van der Waals surface area (Å²) >= 11 is 0. The highest BCUT2D eigenvalue weighted by Crippen LogP contribution is 2.27. The number of nitrogens with two attached hydrogens (primary N) is 1. The van der Waals surface area contributed by atoms with Gasteiger partial charge in [0.25, 0.3) is 0 Å². The quantitative estimate of drug-likeness (QED) is 0.726. The first kappa shape index (κ1) is 9.38. The SMILES string of the molecule is CCc1ccc(N)cc1N1CCCC1. The first-order chi connectivity index (χ1) is 6.81. The minimum Gasteiger partial charge on any atom is -0.399 e. The molecule has 14 heavy (non-hydrogen) atoms. The van der Waals surface area contributed by atoms with Crippen LogP contribution in [0.4, 0.5) is 11.4 Å². The standard InChI is InChI=1S/C12H18N2/c1-2-10-5-6-11(13)9-12(10)14-7-3-4-8-14/h5-6,9H,2-4,7-8,13H2,1H3. The third kappa shape index (κ3) is 1.69. The third-order valence-corrected chi connectivity index (χ3v) is 2.94. The predicted octanol–water partition coefficient (Wildman–Crippen LogP) is 2.43. The highest BCUT2D eigenvalue weighted by Gasteiger charge is 2.14. The van der Waals surface area contributed by atoms with E-state index in [1.807, 2.05) is 6.07 Å². The Bertz CT molecular complexity index is 314. The van der Waals surface area contributed by atoms with Crippen molar-refractivity contribution in [2.45, 2.75) is 26.2 Å². The summed E-state index contributed by atoms with van der Waals surface area (Å²) in [4.78, 5) is 2.45. The van der Waals surface area contributed by atoms with Gasteiger partial charge in [0.1, 0.15) is 0 Å². The van der Waals surface area contributed by atoms with Crippen LogP contribution in [0.3, 0.4) is 0 Å². The van der Waals surface area contributed by atoms with Gasteiger partial charge < -0.3 is 10.6 Å². The number of nitrogen functional groups attached to an aromatic ring is 1. The molecule has 0 amide bonds. The predicted molar refractivity (Wildman–Crippen MR) is 61.7 cm³/mol. The van der Waals surface area contributed by atoms with Crippen molar-refractivity contribution in [2.24, 2.45) is 0 Å². The maximum absolute atomic E-state index is 5.82. The van der Waals surface area contributed by atoms with Gasteiger partial charge in [-0.2, -0.15) is 0 Å². The number of nitrogens with zero attached hydrogens (tertiary/aromatic N) is 1. The molecule has 0 aliphatic carbocycles. The molecule has 0 aromatic heterocycles. The van der Waals surface area contributed by atoms with Crippen LogP contribution in [0.1, 0.15) is 25.3 Å². The zero-order valence-corrected chi connectivity index (χ0v) is 8.79. The normalized spacial score (nSPS) is 16.2. The second-order valence-corrected chi connectivity index (χ2v) is 3.94. The molecule has 2 heteroatoms. The summed E-state index contributed by atoms with van der Waals surface area (Å²) in [6.45, 7) is 4.58. The minimum absolute atomic E-state index is 0.879. The number of benzene rings is 1. The Morgan fingerprint density at radius 2 is 2.00 bits per heavy atom. The van der Waals surface area contributed by atoms with Gasteiger partial charge in [0.05, 0.1) is 0 Å². The molecule has 2 N–H and O–H groups in total. The van der Waals surface area contributed by atoms with Crippen molar-refractivity contribution in [3.63, 3.8) is 0 Å². The third-order valence-electron chi connectivity index (χ3n) is 2.94. The largest absolute Gasteiger partial charge is 0.399 e. The minimum atomic E-state index is 0.879. The van der Waals surface area contributed by atoms with Crippen molar-refractivity contribution < 1.29 is 0 Å². The van der Waals surface area contributed by atoms with Gasteiger partial charge >= 0.3 is 0 Å². The Morgan fingerprint density at radius 3 is 2.64 bits per heavy atom. The Kier molecular flexibility index (Phi) is 2.62. The van der Waals surface area contributed by atoms with Crippen molar-refractivity contribution in [1.29, 1.82) is 0 Å². The van der Waals surface area contributed by atoms with Crippen molar-refractivity contribution in [2.75, 3.05) is 23.7 Å². The fourth-order valence-corrected chi connectivity index (χ4v) is 2.13. The van der Waals surface area contributed by atoms with Crippen molar-refractivity contribution in [3.05, 3.63) is 23.8 Å². The number of anilines is 2. The highest BCUT2D eigenvalue weighted by atomic mass is 15.1. The van der Waals surface area contributed by atoms with Gasteiger partial charge in [0.15, 0.2) is 0 Å². The van der Waals surface area contributed by atoms with E-state index in [9.17, 15) is 0 Å². The van der Waals surface area contributed by atoms with Gasteiger partial charge in [-0.05, 0) is 37.0 Å². The van der Waals surface area contributed by atoms with E-state index in [1.54, 1.807) is 0 Å². The summed E-state index contributed by atoms with van der Waals surface area (Å²) < 4.78 is 0. The molecule has 2 rings (SSSR count). The average molecular weight is 190 g/mol. The number of hydrogen-bond donors (Lipinski definition) is 1. The van der Waals surface area contributed by atoms with Crippen LogP contribution < -0.4 is 10.6 Å². The molecule has 1 aliphatic rings. The number of hydrogen-bond acceptors (Lipinski definition) is 2. The lowest BCUT2D eigenvalue weighted by Gasteiger charge is -2.21. The molecule has 1 heterocycles. The lowest BCUT2D eigenvalue weighted by Crippen LogP contribution is -2.19. The summed E-state index contributed by atoms with van der Waals surface area (Å²) in [6.07, 6.45) is 3.72. The molecule has 1 aromatic rings. The summed E-state index contributed by atoms with van der Waals surface area (Å²) in [7, 11) is 0. The van der Waals surface area contributed by atoms with E-state index in [-0.39, 0.29) is 0 Å². The maximum atomic E-state index is 5.82. The molecule has 1 aliphatic heterocycles. The van der Waals surface area contributed by atoms with E-state index in [0.29, 0.717) is 0 Å². The van der Waals surface area contributed by atoms with Crippen LogP contribution in [0.25, 0.3) is 0 Å². The van der Waals surface area contributed by atoms with Crippen molar-refractivity contribution in [3.8, 4) is 0 Å². The van der Waals surface area contributed by atoms with Gasteiger partial charge in [0.2, 0.25) is 0 Å². The number of rotatable bonds is 2. The van der Waals surface area contributed by atoms with Crippen LogP contribution in [0.15, 0.2) is 18.2 Å². The number of aryl methyl sites for hydroxylation is 1. The molecule has 2 nitrogen and oxygen atoms in total. The second-order valence-electron chi connectivity index (χ2n) is 3.94. The maximum Gasteiger partial charge on any atom is 0.0419 e. The van der Waals surface area contributed by atoms with Crippen LogP contribution in [0, 0.1) is 0 Å². The van der Waals surface area contributed by atoms with Gasteiger partial charge in [-0.15, -0.1) is 0 Å². The Morgan fingerprint density at radius 1 is 1.29 bits per heavy atom. The smallest absolute Gasteiger partial charge is 0.0419 e. The van der Waals surface area contributed by atoms with Crippen molar-refractivity contribution in [1.82, 2.24) is 0 Å². The van der Waals surface area contributed by atoms with Gasteiger partial charge in [0, 0.05) is 24.5 Å². The molecule has 76 valence electrons. The second kappa shape index (κ2) is 3.91. The fraction of sp³-hybridized carbons (Fsp3) is 0.500. The average Bonchev–Trinajstić information content (AvgIpc) is 2.70. The van der Waals surface area contributed by atoms with Crippen LogP contribution in [0.5, 0.6) is 0 Å². The lowest BCUT2D eigenvalue weighted by atomic mass is 10.1. The lowest BCUT2D eigenvalue weighted by molar-refractivity contribution is 0.949. The molecule has 0 bridgehead atoms. The zero-order chi connectivity index (χ0) is 9.97. The monoisotopic (exact) mass is 190 g/mol. The van der Waals surface area contributed by atoms with E-state index in [1.165, 1.54) is 37.2 Å². The van der Waals surface area contributed by atoms with Gasteiger partial charge in [-0.3, -0.25) is 0 Å². The van der Waals surface area contributed by atoms with Crippen LogP contribution in [-0.4, -0.2) is 13.1 Å². The molecule has 1 saturated heterocycles. The topological polar surface area (TPSA) is 29.3 Å². The van der Waals surface area contributed by atoms with E-state index in [2.05, 4.69) is 24.0 Å². The van der Waals surface area contributed by atoms with Gasteiger partial charge in [-0.1, -0.05) is 13.0 Å². The zero-order valence-electron chi connectivity index (χ0n) is 8.79. The van der Waals surface area contributed by atoms with E-state index >= 15 is 0 Å². The van der Waals surface area contributed by atoms with Crippen LogP contribution in [0.2, 0.25) is 0 Å². The summed E-state index contributed by atoms with van der Waals surface area (Å²) in [5.41, 5.74) is 9.47. The van der Waals surface area contributed by atoms with E-state index in [0.717, 1.165) is 12.1 Å². The molecule has 0 radical (unpaired) electrons. The Labute approximate surface area is 85.7 Å². The summed E-state index contributed by atoms with van der Waals surface area (Å²) in [5.74, 6) is 0. The van der Waals surface area contributed by atoms with E-state index < -0.39 is 0 Å². The Hall–Kier alpha value is -1.18. The summed E-state index contributed by atoms with van der Waals surface area (Å²) in [5, 5.41) is 0. The molecule has 1 aromatic carbocycles.